The highest BCUT2D eigenvalue weighted by Gasteiger charge is 2.16. The van der Waals surface area contributed by atoms with Gasteiger partial charge in [-0.25, -0.2) is 0 Å². The molecule has 0 aliphatic heterocycles. The Kier molecular flexibility index (Phi) is 7.19. The first kappa shape index (κ1) is 17.5. The fraction of sp³-hybridized carbons (Fsp3) is 0.562. The maximum atomic E-state index is 11.7. The van der Waals surface area contributed by atoms with E-state index in [0.29, 0.717) is 19.8 Å². The number of esters is 1. The van der Waals surface area contributed by atoms with Crippen molar-refractivity contribution in [2.24, 2.45) is 0 Å². The molecule has 1 aromatic carbocycles. The molecule has 0 saturated heterocycles. The summed E-state index contributed by atoms with van der Waals surface area (Å²) in [5.74, 6) is 0.476. The molecule has 0 atom stereocenters. The Bertz CT molecular complexity index is 419. The first-order chi connectivity index (χ1) is 9.90. The number of hydrogen-bond acceptors (Lipinski definition) is 5. The largest absolute Gasteiger partial charge is 0.491 e. The van der Waals surface area contributed by atoms with Crippen LogP contribution < -0.4 is 4.74 Å². The second-order valence-corrected chi connectivity index (χ2v) is 5.59. The highest BCUT2D eigenvalue weighted by Crippen LogP contribution is 2.14. The number of carbonyl (C=O) groups is 1. The van der Waals surface area contributed by atoms with E-state index in [-0.39, 0.29) is 19.0 Å². The molecule has 0 amide bonds. The van der Waals surface area contributed by atoms with E-state index in [2.05, 4.69) is 0 Å². The lowest BCUT2D eigenvalue weighted by Crippen LogP contribution is -2.24. The second-order valence-electron chi connectivity index (χ2n) is 5.59. The predicted molar refractivity (Wildman–Crippen MR) is 79.4 cm³/mol. The standard InChI is InChI=1S/C16H24O5/c1-16(2,3)21-15(18)12-13-4-6-14(7-5-13)20-11-10-19-9-8-17/h4-7,17H,8-12H2,1-3H3. The molecule has 0 aromatic heterocycles. The molecule has 5 nitrogen and oxygen atoms in total. The number of benzene rings is 1. The first-order valence-corrected chi connectivity index (χ1v) is 7.03. The molecular weight excluding hydrogens is 272 g/mol. The van der Waals surface area contributed by atoms with Crippen LogP contribution in [0, 0.1) is 0 Å². The Labute approximate surface area is 125 Å². The minimum atomic E-state index is -0.464. The van der Waals surface area contributed by atoms with E-state index in [1.165, 1.54) is 0 Å². The first-order valence-electron chi connectivity index (χ1n) is 7.03. The lowest BCUT2D eigenvalue weighted by molar-refractivity contribution is -0.153. The van der Waals surface area contributed by atoms with Crippen molar-refractivity contribution >= 4 is 5.97 Å². The van der Waals surface area contributed by atoms with Crippen LogP contribution in [-0.4, -0.2) is 43.1 Å². The van der Waals surface area contributed by atoms with Gasteiger partial charge in [0.1, 0.15) is 18.0 Å². The van der Waals surface area contributed by atoms with Crippen molar-refractivity contribution in [1.29, 1.82) is 0 Å². The topological polar surface area (TPSA) is 65.0 Å². The van der Waals surface area contributed by atoms with Crippen LogP contribution in [0.25, 0.3) is 0 Å². The summed E-state index contributed by atoms with van der Waals surface area (Å²) in [5, 5.41) is 8.55. The lowest BCUT2D eigenvalue weighted by Gasteiger charge is -2.19. The van der Waals surface area contributed by atoms with E-state index in [1.807, 2.05) is 45.0 Å². The number of rotatable bonds is 8. The minimum absolute atomic E-state index is 0.0133. The summed E-state index contributed by atoms with van der Waals surface area (Å²) >= 11 is 0. The van der Waals surface area contributed by atoms with E-state index in [1.54, 1.807) is 0 Å². The van der Waals surface area contributed by atoms with Gasteiger partial charge in [-0.05, 0) is 38.5 Å². The van der Waals surface area contributed by atoms with Crippen LogP contribution in [0.15, 0.2) is 24.3 Å². The van der Waals surface area contributed by atoms with Crippen molar-refractivity contribution in [3.63, 3.8) is 0 Å². The minimum Gasteiger partial charge on any atom is -0.491 e. The zero-order chi connectivity index (χ0) is 15.7. The third-order valence-electron chi connectivity index (χ3n) is 2.42. The van der Waals surface area contributed by atoms with E-state index < -0.39 is 5.60 Å². The summed E-state index contributed by atoms with van der Waals surface area (Å²) < 4.78 is 15.8. The Morgan fingerprint density at radius 2 is 1.76 bits per heavy atom. The van der Waals surface area contributed by atoms with Crippen molar-refractivity contribution in [2.75, 3.05) is 26.4 Å². The van der Waals surface area contributed by atoms with Gasteiger partial charge in [0.05, 0.1) is 26.2 Å². The molecule has 21 heavy (non-hydrogen) atoms. The molecule has 0 unspecified atom stereocenters. The van der Waals surface area contributed by atoms with Gasteiger partial charge in [-0.2, -0.15) is 0 Å². The highest BCUT2D eigenvalue weighted by molar-refractivity contribution is 5.73. The Hall–Kier alpha value is -1.59. The summed E-state index contributed by atoms with van der Waals surface area (Å²) in [6.07, 6.45) is 0.247. The van der Waals surface area contributed by atoms with Gasteiger partial charge < -0.3 is 19.3 Å². The van der Waals surface area contributed by atoms with Crippen LogP contribution in [0.4, 0.5) is 0 Å². The average Bonchev–Trinajstić information content (AvgIpc) is 2.38. The number of hydrogen-bond donors (Lipinski definition) is 1. The number of carbonyl (C=O) groups excluding carboxylic acids is 1. The maximum absolute atomic E-state index is 11.7. The molecule has 0 spiro atoms. The molecule has 0 aliphatic carbocycles. The maximum Gasteiger partial charge on any atom is 0.310 e. The van der Waals surface area contributed by atoms with Gasteiger partial charge in [-0.15, -0.1) is 0 Å². The summed E-state index contributed by atoms with van der Waals surface area (Å²) in [4.78, 5) is 11.7. The molecule has 0 fully saturated rings. The number of ether oxygens (including phenoxy) is 3. The number of aliphatic hydroxyl groups excluding tert-OH is 1. The zero-order valence-electron chi connectivity index (χ0n) is 12.9. The summed E-state index contributed by atoms with van der Waals surface area (Å²) in [6.45, 7) is 6.73. The van der Waals surface area contributed by atoms with Gasteiger partial charge in [-0.3, -0.25) is 4.79 Å². The van der Waals surface area contributed by atoms with Crippen LogP contribution in [-0.2, 0) is 20.7 Å². The Morgan fingerprint density at radius 1 is 1.10 bits per heavy atom. The van der Waals surface area contributed by atoms with Gasteiger partial charge in [0.15, 0.2) is 0 Å². The van der Waals surface area contributed by atoms with Crippen LogP contribution in [0.1, 0.15) is 26.3 Å². The molecule has 1 aromatic rings. The zero-order valence-corrected chi connectivity index (χ0v) is 12.9. The van der Waals surface area contributed by atoms with Crippen LogP contribution in [0.2, 0.25) is 0 Å². The van der Waals surface area contributed by atoms with Crippen molar-refractivity contribution in [2.45, 2.75) is 32.8 Å². The van der Waals surface area contributed by atoms with Crippen molar-refractivity contribution < 1.29 is 24.1 Å². The SMILES string of the molecule is CC(C)(C)OC(=O)Cc1ccc(OCCOCCO)cc1. The van der Waals surface area contributed by atoms with Crippen molar-refractivity contribution in [3.8, 4) is 5.75 Å². The monoisotopic (exact) mass is 296 g/mol. The Balaban J connectivity index is 2.35. The summed E-state index contributed by atoms with van der Waals surface area (Å²) in [7, 11) is 0. The van der Waals surface area contributed by atoms with Gasteiger partial charge >= 0.3 is 5.97 Å². The average molecular weight is 296 g/mol. The van der Waals surface area contributed by atoms with Crippen LogP contribution >= 0.6 is 0 Å². The van der Waals surface area contributed by atoms with Crippen molar-refractivity contribution in [1.82, 2.24) is 0 Å². The summed E-state index contributed by atoms with van der Waals surface area (Å²) in [5.41, 5.74) is 0.419. The molecule has 0 aliphatic rings. The molecule has 0 heterocycles. The molecule has 0 radical (unpaired) electrons. The van der Waals surface area contributed by atoms with Gasteiger partial charge in [0, 0.05) is 0 Å². The van der Waals surface area contributed by atoms with E-state index in [9.17, 15) is 4.79 Å². The van der Waals surface area contributed by atoms with Gasteiger partial charge in [0.25, 0.3) is 0 Å². The fourth-order valence-electron chi connectivity index (χ4n) is 1.63. The normalized spacial score (nSPS) is 11.2. The van der Waals surface area contributed by atoms with Crippen LogP contribution in [0.5, 0.6) is 5.75 Å². The molecule has 0 bridgehead atoms. The smallest absolute Gasteiger partial charge is 0.310 e. The predicted octanol–water partition coefficient (Wildman–Crippen LogP) is 1.96. The third kappa shape index (κ3) is 8.32. The molecule has 1 N–H and O–H groups in total. The molecule has 5 heteroatoms. The molecule has 1 rings (SSSR count). The fourth-order valence-corrected chi connectivity index (χ4v) is 1.63. The lowest BCUT2D eigenvalue weighted by atomic mass is 10.1. The van der Waals surface area contributed by atoms with E-state index >= 15 is 0 Å². The molecule has 0 saturated carbocycles. The van der Waals surface area contributed by atoms with Gasteiger partial charge in [0.2, 0.25) is 0 Å². The molecule has 118 valence electrons. The second kappa shape index (κ2) is 8.64. The van der Waals surface area contributed by atoms with E-state index in [0.717, 1.165) is 11.3 Å². The third-order valence-corrected chi connectivity index (χ3v) is 2.42. The number of aliphatic hydroxyl groups is 1. The Morgan fingerprint density at radius 3 is 2.33 bits per heavy atom. The van der Waals surface area contributed by atoms with Crippen LogP contribution in [0.3, 0.4) is 0 Å². The quantitative estimate of drug-likeness (QED) is 0.587. The molecular formula is C16H24O5. The van der Waals surface area contributed by atoms with E-state index in [4.69, 9.17) is 19.3 Å². The van der Waals surface area contributed by atoms with Crippen molar-refractivity contribution in [3.05, 3.63) is 29.8 Å². The van der Waals surface area contributed by atoms with Gasteiger partial charge in [-0.1, -0.05) is 12.1 Å². The summed E-state index contributed by atoms with van der Waals surface area (Å²) in [6, 6.07) is 7.30. The highest BCUT2D eigenvalue weighted by atomic mass is 16.6.